The molecule has 0 aliphatic rings. The Morgan fingerprint density at radius 1 is 1.04 bits per heavy atom. The van der Waals surface area contributed by atoms with Crippen LogP contribution in [0.2, 0.25) is 0 Å². The van der Waals surface area contributed by atoms with Crippen molar-refractivity contribution in [2.24, 2.45) is 0 Å². The molecule has 3 aromatic rings. The number of aromatic nitrogens is 1. The maximum atomic E-state index is 12.8. The maximum absolute atomic E-state index is 12.8. The molecule has 5 heteroatoms. The second-order valence-corrected chi connectivity index (χ2v) is 5.18. The van der Waals surface area contributed by atoms with Crippen LogP contribution >= 0.6 is 0 Å². The summed E-state index contributed by atoms with van der Waals surface area (Å²) >= 11 is 0. The molecule has 0 aliphatic heterocycles. The van der Waals surface area contributed by atoms with E-state index in [1.165, 1.54) is 7.11 Å². The number of carbonyl (C=O) groups is 2. The van der Waals surface area contributed by atoms with Crippen molar-refractivity contribution >= 4 is 17.3 Å². The quantitative estimate of drug-likeness (QED) is 0.596. The number of fused-ring (bicyclic) bond motifs is 1. The van der Waals surface area contributed by atoms with Gasteiger partial charge in [-0.05, 0) is 31.2 Å². The fourth-order valence-electron chi connectivity index (χ4n) is 2.61. The molecule has 0 radical (unpaired) electrons. The van der Waals surface area contributed by atoms with E-state index in [9.17, 15) is 14.7 Å². The molecule has 0 saturated heterocycles. The van der Waals surface area contributed by atoms with Gasteiger partial charge in [0.15, 0.2) is 0 Å². The van der Waals surface area contributed by atoms with Gasteiger partial charge in [-0.1, -0.05) is 18.2 Å². The van der Waals surface area contributed by atoms with E-state index in [4.69, 9.17) is 0 Å². The van der Waals surface area contributed by atoms with Crippen molar-refractivity contribution in [2.75, 3.05) is 7.11 Å². The Bertz CT molecular complexity index is 907. The number of methoxy groups -OCH3 is 1. The molecule has 116 valence electrons. The summed E-state index contributed by atoms with van der Waals surface area (Å²) in [6.07, 6.45) is 1.73. The number of hydrogen-bond donors (Lipinski definition) is 1. The molecule has 0 spiro atoms. The Morgan fingerprint density at radius 3 is 2.35 bits per heavy atom. The Balaban J connectivity index is 2.07. The molecule has 2 aromatic heterocycles. The van der Waals surface area contributed by atoms with Crippen LogP contribution in [0.1, 0.15) is 32.0 Å². The molecule has 3 rings (SSSR count). The minimum absolute atomic E-state index is 0.0973. The first-order chi connectivity index (χ1) is 11.0. The van der Waals surface area contributed by atoms with Crippen LogP contribution in [-0.2, 0) is 4.74 Å². The van der Waals surface area contributed by atoms with Crippen LogP contribution in [0, 0.1) is 6.92 Å². The zero-order valence-corrected chi connectivity index (χ0v) is 12.7. The van der Waals surface area contributed by atoms with Gasteiger partial charge in [0.25, 0.3) is 0 Å². The summed E-state index contributed by atoms with van der Waals surface area (Å²) in [5, 5.41) is 10.2. The van der Waals surface area contributed by atoms with Crippen molar-refractivity contribution in [3.63, 3.8) is 0 Å². The number of ether oxygens (including phenoxy) is 1. The first kappa shape index (κ1) is 14.8. The second-order valence-electron chi connectivity index (χ2n) is 5.18. The lowest BCUT2D eigenvalue weighted by molar-refractivity contribution is 0.0600. The van der Waals surface area contributed by atoms with E-state index in [-0.39, 0.29) is 11.5 Å². The van der Waals surface area contributed by atoms with Crippen molar-refractivity contribution in [3.05, 3.63) is 71.0 Å². The Morgan fingerprint density at radius 2 is 1.70 bits per heavy atom. The van der Waals surface area contributed by atoms with Crippen LogP contribution in [0.15, 0.2) is 48.7 Å². The normalized spacial score (nSPS) is 10.7. The molecule has 0 unspecified atom stereocenters. The SMILES string of the molecule is COC(=O)c1ccc(C(=O)c2c(C)c(O)c3ccccn23)cc1. The standard InChI is InChI=1S/C18H15NO4/c1-11-15(19-10-4-3-5-14(19)16(11)20)17(21)12-6-8-13(9-7-12)18(22)23-2/h3-10,20H,1-2H3. The largest absolute Gasteiger partial charge is 0.505 e. The molecule has 0 aliphatic carbocycles. The van der Waals surface area contributed by atoms with E-state index in [0.29, 0.717) is 27.9 Å². The number of carbonyl (C=O) groups excluding carboxylic acids is 2. The van der Waals surface area contributed by atoms with E-state index in [1.54, 1.807) is 60.0 Å². The molecule has 1 N–H and O–H groups in total. The van der Waals surface area contributed by atoms with Gasteiger partial charge >= 0.3 is 5.97 Å². The maximum Gasteiger partial charge on any atom is 0.337 e. The van der Waals surface area contributed by atoms with E-state index >= 15 is 0 Å². The lowest BCUT2D eigenvalue weighted by atomic mass is 10.0. The average molecular weight is 309 g/mol. The highest BCUT2D eigenvalue weighted by molar-refractivity contribution is 6.10. The number of ketones is 1. The number of pyridine rings is 1. The van der Waals surface area contributed by atoms with Crippen molar-refractivity contribution < 1.29 is 19.4 Å². The van der Waals surface area contributed by atoms with Crippen LogP contribution in [0.3, 0.4) is 0 Å². The monoisotopic (exact) mass is 309 g/mol. The number of rotatable bonds is 3. The second kappa shape index (κ2) is 5.61. The van der Waals surface area contributed by atoms with E-state index in [0.717, 1.165) is 0 Å². The Hall–Kier alpha value is -3.08. The van der Waals surface area contributed by atoms with Crippen molar-refractivity contribution in [1.82, 2.24) is 4.40 Å². The highest BCUT2D eigenvalue weighted by Crippen LogP contribution is 2.30. The van der Waals surface area contributed by atoms with Gasteiger partial charge in [0.1, 0.15) is 11.4 Å². The number of esters is 1. The third-order valence-corrected chi connectivity index (χ3v) is 3.84. The minimum Gasteiger partial charge on any atom is -0.505 e. The predicted octanol–water partition coefficient (Wildman–Crippen LogP) is 2.97. The lowest BCUT2D eigenvalue weighted by Gasteiger charge is -2.05. The third-order valence-electron chi connectivity index (χ3n) is 3.84. The van der Waals surface area contributed by atoms with Crippen molar-refractivity contribution in [1.29, 1.82) is 0 Å². The van der Waals surface area contributed by atoms with Crippen LogP contribution < -0.4 is 0 Å². The summed E-state index contributed by atoms with van der Waals surface area (Å²) in [4.78, 5) is 24.2. The highest BCUT2D eigenvalue weighted by Gasteiger charge is 2.21. The topological polar surface area (TPSA) is 68.0 Å². The number of aromatic hydroxyl groups is 1. The molecule has 0 atom stereocenters. The fraction of sp³-hybridized carbons (Fsp3) is 0.111. The lowest BCUT2D eigenvalue weighted by Crippen LogP contribution is -2.08. The van der Waals surface area contributed by atoms with Gasteiger partial charge in [-0.2, -0.15) is 0 Å². The molecule has 0 bridgehead atoms. The number of nitrogens with zero attached hydrogens (tertiary/aromatic N) is 1. The smallest absolute Gasteiger partial charge is 0.337 e. The van der Waals surface area contributed by atoms with Crippen LogP contribution in [0.4, 0.5) is 0 Å². The van der Waals surface area contributed by atoms with Gasteiger partial charge in [0.2, 0.25) is 5.78 Å². The van der Waals surface area contributed by atoms with Crippen molar-refractivity contribution in [2.45, 2.75) is 6.92 Å². The van der Waals surface area contributed by atoms with E-state index in [1.807, 2.05) is 0 Å². The molecular formula is C18H15NO4. The third kappa shape index (κ3) is 2.36. The molecule has 5 nitrogen and oxygen atoms in total. The zero-order chi connectivity index (χ0) is 16.6. The molecule has 2 heterocycles. The van der Waals surface area contributed by atoms with Crippen molar-refractivity contribution in [3.8, 4) is 5.75 Å². The van der Waals surface area contributed by atoms with Crippen LogP contribution in [0.5, 0.6) is 5.75 Å². The molecule has 0 amide bonds. The number of benzene rings is 1. The first-order valence-corrected chi connectivity index (χ1v) is 7.06. The van der Waals surface area contributed by atoms with Crippen LogP contribution in [0.25, 0.3) is 5.52 Å². The van der Waals surface area contributed by atoms with Gasteiger partial charge in [0, 0.05) is 17.3 Å². The Kier molecular flexibility index (Phi) is 3.62. The summed E-state index contributed by atoms with van der Waals surface area (Å²) < 4.78 is 6.31. The number of hydrogen-bond acceptors (Lipinski definition) is 4. The minimum atomic E-state index is -0.453. The first-order valence-electron chi connectivity index (χ1n) is 7.06. The summed E-state index contributed by atoms with van der Waals surface area (Å²) in [5.41, 5.74) is 2.33. The van der Waals surface area contributed by atoms with E-state index < -0.39 is 5.97 Å². The van der Waals surface area contributed by atoms with Crippen LogP contribution in [-0.4, -0.2) is 28.4 Å². The molecule has 1 aromatic carbocycles. The highest BCUT2D eigenvalue weighted by atomic mass is 16.5. The zero-order valence-electron chi connectivity index (χ0n) is 12.7. The summed E-state index contributed by atoms with van der Waals surface area (Å²) in [6.45, 7) is 1.71. The molecule has 23 heavy (non-hydrogen) atoms. The van der Waals surface area contributed by atoms with Gasteiger partial charge in [-0.25, -0.2) is 4.79 Å². The van der Waals surface area contributed by atoms with Gasteiger partial charge in [0.05, 0.1) is 18.2 Å². The fourth-order valence-corrected chi connectivity index (χ4v) is 2.61. The average Bonchev–Trinajstić information content (AvgIpc) is 2.85. The predicted molar refractivity (Wildman–Crippen MR) is 85.0 cm³/mol. The van der Waals surface area contributed by atoms with Gasteiger partial charge in [-0.3, -0.25) is 4.79 Å². The summed E-state index contributed by atoms with van der Waals surface area (Å²) in [6, 6.07) is 11.6. The summed E-state index contributed by atoms with van der Waals surface area (Å²) in [5.74, 6) is -0.577. The molecule has 0 fully saturated rings. The molecule has 0 saturated carbocycles. The van der Waals surface area contributed by atoms with Gasteiger partial charge < -0.3 is 14.2 Å². The van der Waals surface area contributed by atoms with E-state index in [2.05, 4.69) is 4.74 Å². The Labute approximate surface area is 132 Å². The molecular weight excluding hydrogens is 294 g/mol. The van der Waals surface area contributed by atoms with Gasteiger partial charge in [-0.15, -0.1) is 0 Å². The summed E-state index contributed by atoms with van der Waals surface area (Å²) in [7, 11) is 1.31.